The van der Waals surface area contributed by atoms with E-state index in [2.05, 4.69) is 0 Å². The van der Waals surface area contributed by atoms with Crippen molar-refractivity contribution in [2.24, 2.45) is 5.41 Å². The molecule has 0 fully saturated rings. The molecular formula is C16H20O5. The lowest BCUT2D eigenvalue weighted by Crippen LogP contribution is -2.35. The van der Waals surface area contributed by atoms with Crippen molar-refractivity contribution in [3.05, 3.63) is 35.1 Å². The number of cyclic esters (lactones) is 1. The summed E-state index contributed by atoms with van der Waals surface area (Å²) < 4.78 is 16.0. The van der Waals surface area contributed by atoms with Crippen LogP contribution < -0.4 is 9.47 Å². The normalized spacial score (nSPS) is 21.0. The molecule has 1 aromatic carbocycles. The number of rotatable bonds is 3. The van der Waals surface area contributed by atoms with Crippen molar-refractivity contribution < 1.29 is 24.1 Å². The lowest BCUT2D eigenvalue weighted by molar-refractivity contribution is -0.155. The molecule has 0 saturated heterocycles. The van der Waals surface area contributed by atoms with E-state index in [1.807, 2.05) is 13.8 Å². The topological polar surface area (TPSA) is 65.0 Å². The second-order valence-corrected chi connectivity index (χ2v) is 5.60. The molecule has 1 atom stereocenters. The second-order valence-electron chi connectivity index (χ2n) is 5.60. The molecule has 21 heavy (non-hydrogen) atoms. The summed E-state index contributed by atoms with van der Waals surface area (Å²) >= 11 is 0. The maximum Gasteiger partial charge on any atom is 0.337 e. The highest BCUT2D eigenvalue weighted by molar-refractivity contribution is 5.89. The molecule has 1 N–H and O–H groups in total. The number of methoxy groups -OCH3 is 2. The number of hydrogen-bond donors (Lipinski definition) is 1. The fourth-order valence-electron chi connectivity index (χ4n) is 2.55. The molecule has 114 valence electrons. The van der Waals surface area contributed by atoms with E-state index in [0.29, 0.717) is 11.5 Å². The third-order valence-corrected chi connectivity index (χ3v) is 3.86. The first kappa shape index (κ1) is 15.2. The summed E-state index contributed by atoms with van der Waals surface area (Å²) in [5.41, 5.74) is 0.277. The number of benzene rings is 1. The summed E-state index contributed by atoms with van der Waals surface area (Å²) in [5, 5.41) is 10.3. The summed E-state index contributed by atoms with van der Waals surface area (Å²) in [6, 6.07) is 5.31. The van der Waals surface area contributed by atoms with Gasteiger partial charge < -0.3 is 19.3 Å². The predicted octanol–water partition coefficient (Wildman–Crippen LogP) is 3.16. The van der Waals surface area contributed by atoms with E-state index in [0.717, 1.165) is 5.56 Å². The van der Waals surface area contributed by atoms with Gasteiger partial charge in [-0.2, -0.15) is 0 Å². The summed E-state index contributed by atoms with van der Waals surface area (Å²) in [7, 11) is 3.10. The highest BCUT2D eigenvalue weighted by atomic mass is 16.5. The van der Waals surface area contributed by atoms with Crippen molar-refractivity contribution in [2.75, 3.05) is 14.2 Å². The average Bonchev–Trinajstić information content (AvgIpc) is 2.48. The second kappa shape index (κ2) is 5.31. The van der Waals surface area contributed by atoms with E-state index in [1.165, 1.54) is 0 Å². The van der Waals surface area contributed by atoms with Crippen molar-refractivity contribution in [1.29, 1.82) is 0 Å². The third-order valence-electron chi connectivity index (χ3n) is 3.86. The number of aliphatic hydroxyl groups excluding tert-OH is 1. The summed E-state index contributed by atoms with van der Waals surface area (Å²) in [6.45, 7) is 5.23. The maximum atomic E-state index is 11.9. The van der Waals surface area contributed by atoms with Gasteiger partial charge in [-0.25, -0.2) is 4.79 Å². The Morgan fingerprint density at radius 3 is 2.38 bits per heavy atom. The van der Waals surface area contributed by atoms with Crippen LogP contribution in [0.15, 0.2) is 29.5 Å². The molecule has 5 nitrogen and oxygen atoms in total. The Balaban J connectivity index is 2.49. The molecule has 1 aliphatic heterocycles. The largest absolute Gasteiger partial charge is 0.511 e. The van der Waals surface area contributed by atoms with Crippen LogP contribution in [0.4, 0.5) is 0 Å². The Morgan fingerprint density at radius 1 is 1.19 bits per heavy atom. The Labute approximate surface area is 124 Å². The lowest BCUT2D eigenvalue weighted by atomic mass is 9.77. The van der Waals surface area contributed by atoms with E-state index < -0.39 is 17.5 Å². The van der Waals surface area contributed by atoms with Crippen molar-refractivity contribution in [3.63, 3.8) is 0 Å². The Kier molecular flexibility index (Phi) is 3.85. The van der Waals surface area contributed by atoms with Gasteiger partial charge in [0.2, 0.25) is 0 Å². The van der Waals surface area contributed by atoms with Gasteiger partial charge in [-0.05, 0) is 38.5 Å². The standard InChI is InChI=1S/C16H20O5/c1-9-13(17)16(2,3)14(21-15(9)18)10-6-7-11(19-4)12(8-10)20-5/h6-8,14,17H,1-5H3/t14-/m1/s1. The van der Waals surface area contributed by atoms with Gasteiger partial charge in [-0.3, -0.25) is 0 Å². The van der Waals surface area contributed by atoms with Gasteiger partial charge in [0.1, 0.15) is 11.9 Å². The van der Waals surface area contributed by atoms with Crippen LogP contribution in [0.1, 0.15) is 32.4 Å². The monoisotopic (exact) mass is 292 g/mol. The molecular weight excluding hydrogens is 272 g/mol. The molecule has 1 heterocycles. The average molecular weight is 292 g/mol. The number of ether oxygens (including phenoxy) is 3. The molecule has 0 aliphatic carbocycles. The Bertz CT molecular complexity index is 601. The minimum atomic E-state index is -0.711. The molecule has 0 radical (unpaired) electrons. The van der Waals surface area contributed by atoms with Crippen molar-refractivity contribution in [2.45, 2.75) is 26.9 Å². The first-order valence-electron chi connectivity index (χ1n) is 6.66. The zero-order chi connectivity index (χ0) is 15.8. The zero-order valence-electron chi connectivity index (χ0n) is 12.9. The Hall–Kier alpha value is -2.17. The maximum absolute atomic E-state index is 11.9. The fraction of sp³-hybridized carbons (Fsp3) is 0.438. The third kappa shape index (κ3) is 2.44. The summed E-state index contributed by atoms with van der Waals surface area (Å²) in [4.78, 5) is 11.9. The first-order valence-corrected chi connectivity index (χ1v) is 6.66. The molecule has 0 aromatic heterocycles. The highest BCUT2D eigenvalue weighted by Crippen LogP contribution is 2.47. The number of esters is 1. The molecule has 1 aromatic rings. The van der Waals surface area contributed by atoms with Crippen LogP contribution in [0.3, 0.4) is 0 Å². The molecule has 0 saturated carbocycles. The highest BCUT2D eigenvalue weighted by Gasteiger charge is 2.44. The van der Waals surface area contributed by atoms with Crippen molar-refractivity contribution in [3.8, 4) is 11.5 Å². The number of carbonyl (C=O) groups is 1. The van der Waals surface area contributed by atoms with Crippen LogP contribution in [0.25, 0.3) is 0 Å². The van der Waals surface area contributed by atoms with E-state index in [9.17, 15) is 9.90 Å². The molecule has 0 unspecified atom stereocenters. The summed E-state index contributed by atoms with van der Waals surface area (Å²) in [6.07, 6.45) is -0.589. The van der Waals surface area contributed by atoms with Crippen LogP contribution in [-0.4, -0.2) is 25.3 Å². The first-order chi connectivity index (χ1) is 9.82. The molecule has 2 rings (SSSR count). The van der Waals surface area contributed by atoms with Crippen LogP contribution in [0.5, 0.6) is 11.5 Å². The zero-order valence-corrected chi connectivity index (χ0v) is 12.9. The fourth-order valence-corrected chi connectivity index (χ4v) is 2.55. The minimum absolute atomic E-state index is 0.0542. The van der Waals surface area contributed by atoms with E-state index in [4.69, 9.17) is 14.2 Å². The smallest absolute Gasteiger partial charge is 0.337 e. The van der Waals surface area contributed by atoms with E-state index in [1.54, 1.807) is 39.3 Å². The quantitative estimate of drug-likeness (QED) is 0.867. The van der Waals surface area contributed by atoms with Gasteiger partial charge in [0.25, 0.3) is 0 Å². The number of aliphatic hydroxyl groups is 1. The molecule has 0 amide bonds. The van der Waals surface area contributed by atoms with Gasteiger partial charge in [0, 0.05) is 0 Å². The molecule has 1 aliphatic rings. The van der Waals surface area contributed by atoms with Crippen LogP contribution in [0.2, 0.25) is 0 Å². The molecule has 0 bridgehead atoms. The van der Waals surface area contributed by atoms with Gasteiger partial charge in [0.15, 0.2) is 11.5 Å². The van der Waals surface area contributed by atoms with Gasteiger partial charge in [0.05, 0.1) is 25.2 Å². The van der Waals surface area contributed by atoms with Crippen LogP contribution >= 0.6 is 0 Å². The number of hydrogen-bond acceptors (Lipinski definition) is 5. The lowest BCUT2D eigenvalue weighted by Gasteiger charge is -2.38. The predicted molar refractivity (Wildman–Crippen MR) is 77.5 cm³/mol. The van der Waals surface area contributed by atoms with Gasteiger partial charge >= 0.3 is 5.97 Å². The molecule has 5 heteroatoms. The Morgan fingerprint density at radius 2 is 1.81 bits per heavy atom. The van der Waals surface area contributed by atoms with E-state index >= 15 is 0 Å². The van der Waals surface area contributed by atoms with E-state index in [-0.39, 0.29) is 11.3 Å². The van der Waals surface area contributed by atoms with Crippen LogP contribution in [-0.2, 0) is 9.53 Å². The molecule has 0 spiro atoms. The minimum Gasteiger partial charge on any atom is -0.511 e. The van der Waals surface area contributed by atoms with Gasteiger partial charge in [-0.15, -0.1) is 0 Å². The number of carbonyl (C=O) groups excluding carboxylic acids is 1. The van der Waals surface area contributed by atoms with Crippen molar-refractivity contribution in [1.82, 2.24) is 0 Å². The van der Waals surface area contributed by atoms with Crippen LogP contribution in [0, 0.1) is 5.41 Å². The summed E-state index contributed by atoms with van der Waals surface area (Å²) in [5.74, 6) is 0.690. The van der Waals surface area contributed by atoms with Crippen molar-refractivity contribution >= 4 is 5.97 Å². The SMILES string of the molecule is COc1ccc([C@H]2OC(=O)C(C)=C(O)C2(C)C)cc1OC. The van der Waals surface area contributed by atoms with Gasteiger partial charge in [-0.1, -0.05) is 6.07 Å².